The fourth-order valence-corrected chi connectivity index (χ4v) is 2.84. The van der Waals surface area contributed by atoms with Crippen LogP contribution in [-0.4, -0.2) is 40.2 Å². The molecule has 2 aromatic rings. The van der Waals surface area contributed by atoms with Gasteiger partial charge in [-0.1, -0.05) is 0 Å². The molecule has 0 saturated carbocycles. The maximum atomic E-state index is 5.44. The number of nitrogens with one attached hydrogen (secondary N) is 2. The van der Waals surface area contributed by atoms with Gasteiger partial charge in [-0.3, -0.25) is 0 Å². The van der Waals surface area contributed by atoms with Crippen molar-refractivity contribution in [2.75, 3.05) is 30.4 Å². The van der Waals surface area contributed by atoms with Gasteiger partial charge in [0, 0.05) is 38.2 Å². The Labute approximate surface area is 124 Å². The Morgan fingerprint density at radius 1 is 1.43 bits per heavy atom. The maximum absolute atomic E-state index is 5.44. The second kappa shape index (κ2) is 6.30. The van der Waals surface area contributed by atoms with Crippen LogP contribution in [0.3, 0.4) is 0 Å². The van der Waals surface area contributed by atoms with E-state index in [-0.39, 0.29) is 0 Å². The first-order chi connectivity index (χ1) is 10.3. The lowest BCUT2D eigenvalue weighted by Gasteiger charge is -2.28. The molecule has 2 aromatic heterocycles. The summed E-state index contributed by atoms with van der Waals surface area (Å²) in [6, 6.07) is 0.360. The first-order valence-electron chi connectivity index (χ1n) is 7.69. The average molecular weight is 289 g/mol. The quantitative estimate of drug-likeness (QED) is 0.885. The number of rotatable bonds is 5. The highest BCUT2D eigenvalue weighted by Gasteiger charge is 2.21. The van der Waals surface area contributed by atoms with Gasteiger partial charge in [-0.15, -0.1) is 0 Å². The first kappa shape index (κ1) is 14.1. The third-order valence-corrected chi connectivity index (χ3v) is 4.07. The molecule has 1 unspecified atom stereocenters. The molecule has 3 rings (SSSR count). The van der Waals surface area contributed by atoms with Gasteiger partial charge in [0.25, 0.3) is 0 Å². The summed E-state index contributed by atoms with van der Waals surface area (Å²) in [5.74, 6) is 2.33. The van der Waals surface area contributed by atoms with E-state index < -0.39 is 0 Å². The molecule has 1 saturated heterocycles. The lowest BCUT2D eigenvalue weighted by molar-refractivity contribution is 0.0622. The van der Waals surface area contributed by atoms with Crippen molar-refractivity contribution in [2.45, 2.75) is 32.7 Å². The summed E-state index contributed by atoms with van der Waals surface area (Å²) >= 11 is 0. The number of hydrogen-bond donors (Lipinski definition) is 2. The Morgan fingerprint density at radius 2 is 2.24 bits per heavy atom. The Kier molecular flexibility index (Phi) is 4.24. The molecule has 114 valence electrons. The molecule has 3 heterocycles. The highest BCUT2D eigenvalue weighted by atomic mass is 16.5. The monoisotopic (exact) mass is 289 g/mol. The second-order valence-corrected chi connectivity index (χ2v) is 5.55. The molecule has 0 aliphatic carbocycles. The lowest BCUT2D eigenvalue weighted by atomic mass is 9.93. The number of aromatic nitrogens is 3. The minimum atomic E-state index is 0.360. The highest BCUT2D eigenvalue weighted by Crippen LogP contribution is 2.23. The third kappa shape index (κ3) is 3.10. The zero-order valence-corrected chi connectivity index (χ0v) is 12.7. The van der Waals surface area contributed by atoms with Crippen molar-refractivity contribution < 1.29 is 4.74 Å². The summed E-state index contributed by atoms with van der Waals surface area (Å²) in [6.45, 7) is 6.86. The molecule has 21 heavy (non-hydrogen) atoms. The Morgan fingerprint density at radius 3 is 3.00 bits per heavy atom. The van der Waals surface area contributed by atoms with Crippen LogP contribution in [-0.2, 0) is 4.74 Å². The summed E-state index contributed by atoms with van der Waals surface area (Å²) in [7, 11) is 0. The first-order valence-corrected chi connectivity index (χ1v) is 7.69. The van der Waals surface area contributed by atoms with E-state index in [1.807, 2.05) is 16.8 Å². The van der Waals surface area contributed by atoms with E-state index in [2.05, 4.69) is 34.4 Å². The van der Waals surface area contributed by atoms with Crippen molar-refractivity contribution in [1.29, 1.82) is 0 Å². The van der Waals surface area contributed by atoms with Gasteiger partial charge < -0.3 is 19.8 Å². The summed E-state index contributed by atoms with van der Waals surface area (Å²) < 4.78 is 7.44. The molecule has 6 heteroatoms. The molecule has 0 aromatic carbocycles. The zero-order chi connectivity index (χ0) is 14.7. The minimum Gasteiger partial charge on any atom is -0.381 e. The van der Waals surface area contributed by atoms with Gasteiger partial charge in [-0.05, 0) is 32.6 Å². The van der Waals surface area contributed by atoms with Gasteiger partial charge in [0.2, 0.25) is 0 Å². The Bertz CT molecular complexity index is 591. The number of hydrogen-bond acceptors (Lipinski definition) is 5. The van der Waals surface area contributed by atoms with Crippen LogP contribution in [0.5, 0.6) is 0 Å². The van der Waals surface area contributed by atoms with Gasteiger partial charge in [0.05, 0.1) is 6.20 Å². The van der Waals surface area contributed by atoms with E-state index in [0.717, 1.165) is 49.9 Å². The van der Waals surface area contributed by atoms with Crippen LogP contribution in [0.25, 0.3) is 5.65 Å². The predicted molar refractivity (Wildman–Crippen MR) is 83.8 cm³/mol. The molecule has 1 fully saturated rings. The molecule has 1 aliphatic rings. The molecule has 1 atom stereocenters. The number of nitrogens with zero attached hydrogens (tertiary/aromatic N) is 3. The molecule has 0 bridgehead atoms. The molecule has 1 aliphatic heterocycles. The van der Waals surface area contributed by atoms with Crippen molar-refractivity contribution in [2.24, 2.45) is 5.92 Å². The number of fused-ring (bicyclic) bond motifs is 1. The van der Waals surface area contributed by atoms with Crippen molar-refractivity contribution in [1.82, 2.24) is 14.4 Å². The normalized spacial score (nSPS) is 17.8. The fraction of sp³-hybridized carbons (Fsp3) is 0.600. The number of imidazole rings is 1. The number of anilines is 2. The van der Waals surface area contributed by atoms with Crippen molar-refractivity contribution in [3.63, 3.8) is 0 Å². The SMILES string of the molecule is CCNc1cn2ccnc2c(NC(C)C2CCOCC2)n1. The van der Waals surface area contributed by atoms with E-state index in [1.165, 1.54) is 0 Å². The van der Waals surface area contributed by atoms with Gasteiger partial charge in [-0.25, -0.2) is 9.97 Å². The molecular formula is C15H23N5O. The minimum absolute atomic E-state index is 0.360. The van der Waals surface area contributed by atoms with Crippen LogP contribution in [0, 0.1) is 5.92 Å². The molecule has 0 radical (unpaired) electrons. The third-order valence-electron chi connectivity index (χ3n) is 4.07. The van der Waals surface area contributed by atoms with Crippen LogP contribution < -0.4 is 10.6 Å². The summed E-state index contributed by atoms with van der Waals surface area (Å²) in [5, 5.41) is 6.81. The van der Waals surface area contributed by atoms with Crippen LogP contribution in [0.15, 0.2) is 18.6 Å². The van der Waals surface area contributed by atoms with Crippen molar-refractivity contribution in [3.8, 4) is 0 Å². The van der Waals surface area contributed by atoms with Crippen LogP contribution >= 0.6 is 0 Å². The van der Waals surface area contributed by atoms with E-state index >= 15 is 0 Å². The van der Waals surface area contributed by atoms with Gasteiger partial charge in [-0.2, -0.15) is 0 Å². The van der Waals surface area contributed by atoms with Crippen molar-refractivity contribution in [3.05, 3.63) is 18.6 Å². The van der Waals surface area contributed by atoms with Crippen molar-refractivity contribution >= 4 is 17.3 Å². The predicted octanol–water partition coefficient (Wildman–Crippen LogP) is 2.39. The fourth-order valence-electron chi connectivity index (χ4n) is 2.84. The molecule has 0 spiro atoms. The summed E-state index contributed by atoms with van der Waals surface area (Å²) in [4.78, 5) is 9.06. The largest absolute Gasteiger partial charge is 0.381 e. The smallest absolute Gasteiger partial charge is 0.180 e. The number of ether oxygens (including phenoxy) is 1. The average Bonchev–Trinajstić information content (AvgIpc) is 2.97. The van der Waals surface area contributed by atoms with Crippen LogP contribution in [0.1, 0.15) is 26.7 Å². The van der Waals surface area contributed by atoms with E-state index in [4.69, 9.17) is 4.74 Å². The maximum Gasteiger partial charge on any atom is 0.180 e. The van der Waals surface area contributed by atoms with E-state index in [9.17, 15) is 0 Å². The molecule has 0 amide bonds. The van der Waals surface area contributed by atoms with Gasteiger partial charge in [0.1, 0.15) is 5.82 Å². The zero-order valence-electron chi connectivity index (χ0n) is 12.7. The molecule has 2 N–H and O–H groups in total. The van der Waals surface area contributed by atoms with E-state index in [1.54, 1.807) is 6.20 Å². The Hall–Kier alpha value is -1.82. The molecular weight excluding hydrogens is 266 g/mol. The summed E-state index contributed by atoms with van der Waals surface area (Å²) in [6.07, 6.45) is 7.92. The highest BCUT2D eigenvalue weighted by molar-refractivity contribution is 5.65. The Balaban J connectivity index is 1.82. The van der Waals surface area contributed by atoms with Gasteiger partial charge >= 0.3 is 0 Å². The lowest BCUT2D eigenvalue weighted by Crippen LogP contribution is -2.31. The van der Waals surface area contributed by atoms with Crippen LogP contribution in [0.2, 0.25) is 0 Å². The van der Waals surface area contributed by atoms with Crippen LogP contribution in [0.4, 0.5) is 11.6 Å². The summed E-state index contributed by atoms with van der Waals surface area (Å²) in [5.41, 5.74) is 0.871. The molecule has 6 nitrogen and oxygen atoms in total. The van der Waals surface area contributed by atoms with Gasteiger partial charge in [0.15, 0.2) is 11.5 Å². The topological polar surface area (TPSA) is 63.5 Å². The second-order valence-electron chi connectivity index (χ2n) is 5.55. The van der Waals surface area contributed by atoms with E-state index in [0.29, 0.717) is 12.0 Å². The standard InChI is InChI=1S/C15H23N5O/c1-3-16-13-10-20-7-6-17-15(20)14(19-13)18-11(2)12-4-8-21-9-5-12/h6-7,10-12,16H,3-5,8-9H2,1-2H3,(H,18,19).